The van der Waals surface area contributed by atoms with E-state index in [1.54, 1.807) is 0 Å². The first kappa shape index (κ1) is 16.2. The summed E-state index contributed by atoms with van der Waals surface area (Å²) in [6.07, 6.45) is 3.91. The Balaban J connectivity index is 1.53. The molecule has 7 nitrogen and oxygen atoms in total. The van der Waals surface area contributed by atoms with Crippen LogP contribution in [0.5, 0.6) is 0 Å². The Morgan fingerprint density at radius 3 is 3.07 bits per heavy atom. The van der Waals surface area contributed by atoms with E-state index in [4.69, 9.17) is 9.26 Å². The summed E-state index contributed by atoms with van der Waals surface area (Å²) in [6.45, 7) is 4.12. The van der Waals surface area contributed by atoms with Crippen molar-refractivity contribution in [1.29, 1.82) is 0 Å². The maximum atomic E-state index is 5.48. The van der Waals surface area contributed by atoms with Crippen molar-refractivity contribution in [3.8, 4) is 22.6 Å². The first-order valence-electron chi connectivity index (χ1n) is 8.98. The van der Waals surface area contributed by atoms with Crippen LogP contribution in [-0.2, 0) is 4.74 Å². The van der Waals surface area contributed by atoms with Crippen molar-refractivity contribution in [3.63, 3.8) is 0 Å². The lowest BCUT2D eigenvalue weighted by Gasteiger charge is -2.20. The van der Waals surface area contributed by atoms with E-state index < -0.39 is 0 Å². The lowest BCUT2D eigenvalue weighted by atomic mass is 10.0. The summed E-state index contributed by atoms with van der Waals surface area (Å²) in [5.41, 5.74) is 5.12. The number of ether oxygens (including phenoxy) is 1. The number of morpholine rings is 1. The van der Waals surface area contributed by atoms with Gasteiger partial charge in [-0.05, 0) is 30.7 Å². The number of hydrogen-bond donors (Lipinski definition) is 1. The van der Waals surface area contributed by atoms with E-state index in [2.05, 4.69) is 43.9 Å². The third-order valence-corrected chi connectivity index (χ3v) is 4.85. The molecule has 0 saturated carbocycles. The summed E-state index contributed by atoms with van der Waals surface area (Å²) in [5.74, 6) is 1.13. The van der Waals surface area contributed by atoms with Gasteiger partial charge in [-0.15, -0.1) is 0 Å². The van der Waals surface area contributed by atoms with Gasteiger partial charge in [-0.25, -0.2) is 4.98 Å². The number of imidazole rings is 1. The summed E-state index contributed by atoms with van der Waals surface area (Å²) < 4.78 is 13.0. The molecule has 1 atom stereocenters. The van der Waals surface area contributed by atoms with Crippen LogP contribution in [0.1, 0.15) is 17.5 Å². The molecular weight excluding hydrogens is 342 g/mol. The first-order valence-corrected chi connectivity index (χ1v) is 8.98. The van der Waals surface area contributed by atoms with Gasteiger partial charge in [0.15, 0.2) is 0 Å². The van der Waals surface area contributed by atoms with Crippen molar-refractivity contribution < 1.29 is 9.26 Å². The molecule has 5 rings (SSSR count). The molecule has 136 valence electrons. The summed E-state index contributed by atoms with van der Waals surface area (Å²) in [5, 5.41) is 7.50. The van der Waals surface area contributed by atoms with Crippen molar-refractivity contribution in [3.05, 3.63) is 60.2 Å². The number of nitrogens with zero attached hydrogens (tertiary/aromatic N) is 4. The minimum Gasteiger partial charge on any atom is -0.378 e. The van der Waals surface area contributed by atoms with Gasteiger partial charge in [-0.1, -0.05) is 23.4 Å². The maximum Gasteiger partial charge on any atom is 0.246 e. The number of rotatable bonds is 3. The monoisotopic (exact) mass is 361 g/mol. The van der Waals surface area contributed by atoms with E-state index in [0.717, 1.165) is 34.6 Å². The largest absolute Gasteiger partial charge is 0.378 e. The van der Waals surface area contributed by atoms with E-state index in [1.807, 2.05) is 36.7 Å². The molecule has 0 unspecified atom stereocenters. The van der Waals surface area contributed by atoms with Crippen molar-refractivity contribution in [1.82, 2.24) is 24.8 Å². The predicted octanol–water partition coefficient (Wildman–Crippen LogP) is 3.02. The van der Waals surface area contributed by atoms with Crippen LogP contribution in [0.25, 0.3) is 28.3 Å². The molecule has 1 fully saturated rings. The molecule has 1 saturated heterocycles. The summed E-state index contributed by atoms with van der Waals surface area (Å²) >= 11 is 0. The van der Waals surface area contributed by atoms with Crippen molar-refractivity contribution >= 4 is 5.65 Å². The Morgan fingerprint density at radius 2 is 2.19 bits per heavy atom. The number of hydrogen-bond acceptors (Lipinski definition) is 6. The van der Waals surface area contributed by atoms with Crippen LogP contribution in [0.4, 0.5) is 0 Å². The predicted molar refractivity (Wildman–Crippen MR) is 100 cm³/mol. The van der Waals surface area contributed by atoms with Crippen LogP contribution in [-0.4, -0.2) is 39.3 Å². The zero-order valence-corrected chi connectivity index (χ0v) is 14.9. The highest BCUT2D eigenvalue weighted by molar-refractivity contribution is 5.72. The van der Waals surface area contributed by atoms with Crippen molar-refractivity contribution in [2.45, 2.75) is 13.0 Å². The molecular formula is C20H19N5O2. The van der Waals surface area contributed by atoms with E-state index in [1.165, 1.54) is 0 Å². The Morgan fingerprint density at radius 1 is 1.22 bits per heavy atom. The zero-order chi connectivity index (χ0) is 18.2. The molecule has 1 aliphatic rings. The maximum absolute atomic E-state index is 5.48. The Kier molecular flexibility index (Phi) is 3.95. The molecule has 0 amide bonds. The SMILES string of the molecule is Cc1ccc(-c2noc([C@@H]3COCCN3)n2)cc1-c1cnc2ccccn12. The molecule has 0 aliphatic carbocycles. The van der Waals surface area contributed by atoms with Gasteiger partial charge in [0.25, 0.3) is 0 Å². The number of aromatic nitrogens is 4. The number of fused-ring (bicyclic) bond motifs is 1. The molecule has 4 heterocycles. The molecule has 0 spiro atoms. The quantitative estimate of drug-likeness (QED) is 0.604. The summed E-state index contributed by atoms with van der Waals surface area (Å²) in [6, 6.07) is 12.1. The van der Waals surface area contributed by atoms with Gasteiger partial charge in [-0.3, -0.25) is 4.40 Å². The number of aryl methyl sites for hydroxylation is 1. The minimum absolute atomic E-state index is 0.0521. The average Bonchev–Trinajstić information content (AvgIpc) is 3.37. The smallest absolute Gasteiger partial charge is 0.246 e. The zero-order valence-electron chi connectivity index (χ0n) is 14.9. The minimum atomic E-state index is -0.0521. The van der Waals surface area contributed by atoms with Crippen LogP contribution in [0.3, 0.4) is 0 Å². The lowest BCUT2D eigenvalue weighted by molar-refractivity contribution is 0.0659. The summed E-state index contributed by atoms with van der Waals surface area (Å²) in [4.78, 5) is 9.07. The average molecular weight is 361 g/mol. The third kappa shape index (κ3) is 2.90. The number of pyridine rings is 1. The molecule has 0 radical (unpaired) electrons. The second-order valence-corrected chi connectivity index (χ2v) is 6.64. The standard InChI is InChI=1S/C20H19N5O2/c1-13-5-6-14(19-23-20(27-24-19)16-12-26-9-7-21-16)10-15(13)17-11-22-18-4-2-3-8-25(17)18/h2-6,8,10-11,16,21H,7,9,12H2,1H3/t16-/m0/s1. The third-order valence-electron chi connectivity index (χ3n) is 4.85. The van der Waals surface area contributed by atoms with E-state index in [9.17, 15) is 0 Å². The molecule has 4 aromatic rings. The molecule has 27 heavy (non-hydrogen) atoms. The highest BCUT2D eigenvalue weighted by Crippen LogP contribution is 2.29. The molecule has 7 heteroatoms. The molecule has 0 bridgehead atoms. The second-order valence-electron chi connectivity index (χ2n) is 6.64. The summed E-state index contributed by atoms with van der Waals surface area (Å²) in [7, 11) is 0. The lowest BCUT2D eigenvalue weighted by Crippen LogP contribution is -2.34. The second kappa shape index (κ2) is 6.61. The van der Waals surface area contributed by atoms with E-state index in [-0.39, 0.29) is 6.04 Å². The fourth-order valence-electron chi connectivity index (χ4n) is 3.39. The van der Waals surface area contributed by atoms with Gasteiger partial charge in [-0.2, -0.15) is 4.98 Å². The molecule has 1 N–H and O–H groups in total. The highest BCUT2D eigenvalue weighted by atomic mass is 16.5. The Bertz CT molecular complexity index is 1090. The van der Waals surface area contributed by atoms with Gasteiger partial charge >= 0.3 is 0 Å². The van der Waals surface area contributed by atoms with Gasteiger partial charge in [0.05, 0.1) is 25.1 Å². The van der Waals surface area contributed by atoms with E-state index in [0.29, 0.717) is 24.9 Å². The van der Waals surface area contributed by atoms with Crippen LogP contribution in [0.2, 0.25) is 0 Å². The van der Waals surface area contributed by atoms with Gasteiger partial charge < -0.3 is 14.6 Å². The molecule has 1 aromatic carbocycles. The Hall–Kier alpha value is -3.03. The van der Waals surface area contributed by atoms with Crippen molar-refractivity contribution in [2.24, 2.45) is 0 Å². The normalized spacial score (nSPS) is 17.4. The van der Waals surface area contributed by atoms with Gasteiger partial charge in [0.1, 0.15) is 11.7 Å². The Labute approximate surface area is 156 Å². The molecule has 1 aliphatic heterocycles. The number of benzene rings is 1. The fourth-order valence-corrected chi connectivity index (χ4v) is 3.39. The first-order chi connectivity index (χ1) is 13.3. The van der Waals surface area contributed by atoms with Crippen LogP contribution in [0, 0.1) is 6.92 Å². The number of nitrogens with one attached hydrogen (secondary N) is 1. The fraction of sp³-hybridized carbons (Fsp3) is 0.250. The topological polar surface area (TPSA) is 77.5 Å². The highest BCUT2D eigenvalue weighted by Gasteiger charge is 2.22. The van der Waals surface area contributed by atoms with Crippen LogP contribution < -0.4 is 5.32 Å². The van der Waals surface area contributed by atoms with Gasteiger partial charge in [0, 0.05) is 23.9 Å². The van der Waals surface area contributed by atoms with E-state index >= 15 is 0 Å². The van der Waals surface area contributed by atoms with Crippen LogP contribution >= 0.6 is 0 Å². The van der Waals surface area contributed by atoms with Gasteiger partial charge in [0.2, 0.25) is 11.7 Å². The van der Waals surface area contributed by atoms with Crippen LogP contribution in [0.15, 0.2) is 53.3 Å². The molecule has 3 aromatic heterocycles. The van der Waals surface area contributed by atoms with Crippen molar-refractivity contribution in [2.75, 3.05) is 19.8 Å².